The smallest absolute Gasteiger partial charge is 0.332 e. The van der Waals surface area contributed by atoms with Gasteiger partial charge in [0, 0.05) is 18.0 Å². The van der Waals surface area contributed by atoms with Crippen molar-refractivity contribution < 1.29 is 18.3 Å². The van der Waals surface area contributed by atoms with Gasteiger partial charge in [0.25, 0.3) is 0 Å². The summed E-state index contributed by atoms with van der Waals surface area (Å²) in [7, 11) is -2.46. The fraction of sp³-hybridized carbons (Fsp3) is 0.0833. The van der Waals surface area contributed by atoms with Crippen LogP contribution in [0.5, 0.6) is 0 Å². The zero-order valence-electron chi connectivity index (χ0n) is 9.15. The molecule has 0 bridgehead atoms. The van der Waals surface area contributed by atoms with Gasteiger partial charge < -0.3 is 5.11 Å². The highest BCUT2D eigenvalue weighted by molar-refractivity contribution is 7.73. The van der Waals surface area contributed by atoms with Crippen molar-refractivity contribution in [1.82, 2.24) is 4.98 Å². The molecule has 1 heterocycles. The molecule has 1 aliphatic carbocycles. The monoisotopic (exact) mass is 263 g/mol. The number of aromatic nitrogens is 1. The maximum Gasteiger partial charge on any atom is 0.332 e. The lowest BCUT2D eigenvalue weighted by Crippen LogP contribution is -2.21. The zero-order valence-corrected chi connectivity index (χ0v) is 9.96. The molecule has 1 N–H and O–H groups in total. The van der Waals surface area contributed by atoms with Gasteiger partial charge in [-0.2, -0.15) is 8.42 Å². The molecule has 1 aromatic heterocycles. The minimum atomic E-state index is -2.46. The molecule has 0 aromatic carbocycles. The molecule has 1 aromatic rings. The van der Waals surface area contributed by atoms with Gasteiger partial charge in [0.1, 0.15) is 0 Å². The van der Waals surface area contributed by atoms with Gasteiger partial charge in [-0.25, -0.2) is 4.79 Å². The zero-order chi connectivity index (χ0) is 13.1. The van der Waals surface area contributed by atoms with Crippen molar-refractivity contribution in [2.24, 2.45) is 0 Å². The highest BCUT2D eigenvalue weighted by atomic mass is 32.2. The third kappa shape index (κ3) is 2.23. The van der Waals surface area contributed by atoms with E-state index in [0.717, 1.165) is 0 Å². The molecule has 2 rings (SSSR count). The molecule has 1 atom stereocenters. The SMILES string of the molecule is O=C(O)C1=CC=CC(=S(=O)=O)C1c1ccncc1. The van der Waals surface area contributed by atoms with Crippen molar-refractivity contribution in [3.8, 4) is 0 Å². The second kappa shape index (κ2) is 4.97. The van der Waals surface area contributed by atoms with Crippen LogP contribution in [0.4, 0.5) is 0 Å². The molecule has 18 heavy (non-hydrogen) atoms. The number of carbonyl (C=O) groups is 1. The predicted octanol–water partition coefficient (Wildman–Crippen LogP) is 0.798. The normalized spacial score (nSPS) is 18.3. The number of carboxylic acid groups (broad SMARTS) is 1. The molecule has 1 aliphatic rings. The number of hydrogen-bond acceptors (Lipinski definition) is 4. The summed E-state index contributed by atoms with van der Waals surface area (Å²) in [6.45, 7) is 0. The van der Waals surface area contributed by atoms with Crippen LogP contribution >= 0.6 is 0 Å². The van der Waals surface area contributed by atoms with Gasteiger partial charge in [-0.1, -0.05) is 12.2 Å². The summed E-state index contributed by atoms with van der Waals surface area (Å²) >= 11 is 0. The Morgan fingerprint density at radius 3 is 2.50 bits per heavy atom. The van der Waals surface area contributed by atoms with Crippen molar-refractivity contribution in [3.63, 3.8) is 0 Å². The molecular formula is C12H9NO4S. The summed E-state index contributed by atoms with van der Waals surface area (Å²) in [5, 5.41) is 9.14. The summed E-state index contributed by atoms with van der Waals surface area (Å²) in [5.41, 5.74) is 0.616. The van der Waals surface area contributed by atoms with E-state index in [-0.39, 0.29) is 10.4 Å². The van der Waals surface area contributed by atoms with E-state index in [1.54, 1.807) is 12.1 Å². The van der Waals surface area contributed by atoms with Gasteiger partial charge in [0.2, 0.25) is 10.3 Å². The fourth-order valence-corrected chi connectivity index (χ4v) is 2.48. The van der Waals surface area contributed by atoms with Crippen LogP contribution in [0.2, 0.25) is 0 Å². The van der Waals surface area contributed by atoms with Crippen molar-refractivity contribution >= 4 is 21.1 Å². The van der Waals surface area contributed by atoms with Crippen molar-refractivity contribution in [2.75, 3.05) is 0 Å². The van der Waals surface area contributed by atoms with E-state index in [0.29, 0.717) is 5.56 Å². The molecule has 0 fully saturated rings. The quantitative estimate of drug-likeness (QED) is 0.798. The predicted molar refractivity (Wildman–Crippen MR) is 65.8 cm³/mol. The Labute approximate surface area is 105 Å². The van der Waals surface area contributed by atoms with Crippen LogP contribution in [-0.4, -0.2) is 29.3 Å². The Kier molecular flexibility index (Phi) is 3.38. The Hall–Kier alpha value is -2.21. The first-order valence-electron chi connectivity index (χ1n) is 5.09. The first kappa shape index (κ1) is 12.3. The van der Waals surface area contributed by atoms with Crippen LogP contribution in [0, 0.1) is 0 Å². The lowest BCUT2D eigenvalue weighted by molar-refractivity contribution is -0.132. The van der Waals surface area contributed by atoms with Gasteiger partial charge in [-0.3, -0.25) is 4.98 Å². The third-order valence-electron chi connectivity index (χ3n) is 2.61. The Morgan fingerprint density at radius 1 is 1.28 bits per heavy atom. The second-order valence-corrected chi connectivity index (χ2v) is 4.58. The van der Waals surface area contributed by atoms with Gasteiger partial charge in [-0.15, -0.1) is 0 Å². The molecule has 5 nitrogen and oxygen atoms in total. The topological polar surface area (TPSA) is 84.3 Å². The highest BCUT2D eigenvalue weighted by Crippen LogP contribution is 2.28. The van der Waals surface area contributed by atoms with Gasteiger partial charge in [-0.05, 0) is 23.8 Å². The van der Waals surface area contributed by atoms with Gasteiger partial charge in [0.05, 0.1) is 10.8 Å². The number of hydrogen-bond donors (Lipinski definition) is 1. The van der Waals surface area contributed by atoms with Crippen molar-refractivity contribution in [1.29, 1.82) is 0 Å². The molecule has 0 amide bonds. The van der Waals surface area contributed by atoms with Crippen molar-refractivity contribution in [2.45, 2.75) is 5.92 Å². The number of rotatable bonds is 2. The van der Waals surface area contributed by atoms with E-state index in [2.05, 4.69) is 4.98 Å². The molecule has 0 radical (unpaired) electrons. The highest BCUT2D eigenvalue weighted by Gasteiger charge is 2.28. The molecule has 92 valence electrons. The molecule has 0 saturated carbocycles. The van der Waals surface area contributed by atoms with E-state index in [4.69, 9.17) is 5.11 Å². The summed E-state index contributed by atoms with van der Waals surface area (Å²) in [4.78, 5) is 15.0. The van der Waals surface area contributed by atoms with Gasteiger partial charge in [0.15, 0.2) is 0 Å². The minimum absolute atomic E-state index is 0.0305. The molecule has 0 aliphatic heterocycles. The minimum Gasteiger partial charge on any atom is -0.478 e. The summed E-state index contributed by atoms with van der Waals surface area (Å²) in [5.74, 6) is -1.92. The van der Waals surface area contributed by atoms with Crippen LogP contribution < -0.4 is 0 Å². The van der Waals surface area contributed by atoms with Crippen LogP contribution in [0.1, 0.15) is 11.5 Å². The number of nitrogens with zero attached hydrogens (tertiary/aromatic N) is 1. The lowest BCUT2D eigenvalue weighted by Gasteiger charge is -2.19. The average molecular weight is 263 g/mol. The number of allylic oxidation sites excluding steroid dienone is 3. The van der Waals surface area contributed by atoms with Gasteiger partial charge >= 0.3 is 5.97 Å². The third-order valence-corrected chi connectivity index (χ3v) is 3.37. The Morgan fingerprint density at radius 2 is 1.94 bits per heavy atom. The maximum atomic E-state index is 11.2. The molecule has 0 saturated heterocycles. The Bertz CT molecular complexity index is 663. The van der Waals surface area contributed by atoms with E-state index in [1.165, 1.54) is 30.6 Å². The fourth-order valence-electron chi connectivity index (χ4n) is 1.84. The lowest BCUT2D eigenvalue weighted by atomic mass is 9.85. The summed E-state index contributed by atoms with van der Waals surface area (Å²) in [6, 6.07) is 3.21. The van der Waals surface area contributed by atoms with Crippen LogP contribution in [-0.2, 0) is 15.1 Å². The summed E-state index contributed by atoms with van der Waals surface area (Å²) < 4.78 is 22.4. The Balaban J connectivity index is 2.64. The molecule has 6 heteroatoms. The van der Waals surface area contributed by atoms with E-state index < -0.39 is 22.2 Å². The summed E-state index contributed by atoms with van der Waals surface area (Å²) in [6.07, 6.45) is 7.23. The van der Waals surface area contributed by atoms with E-state index in [1.807, 2.05) is 0 Å². The van der Waals surface area contributed by atoms with E-state index >= 15 is 0 Å². The first-order chi connectivity index (χ1) is 8.61. The molecular weight excluding hydrogens is 254 g/mol. The molecule has 1 unspecified atom stereocenters. The van der Waals surface area contributed by atoms with Crippen LogP contribution in [0.25, 0.3) is 0 Å². The van der Waals surface area contributed by atoms with E-state index in [9.17, 15) is 13.2 Å². The largest absolute Gasteiger partial charge is 0.478 e. The molecule has 0 spiro atoms. The number of pyridine rings is 1. The van der Waals surface area contributed by atoms with Crippen molar-refractivity contribution in [3.05, 3.63) is 53.9 Å². The van der Waals surface area contributed by atoms with Crippen LogP contribution in [0.3, 0.4) is 0 Å². The second-order valence-electron chi connectivity index (χ2n) is 3.64. The number of carboxylic acids is 1. The maximum absolute atomic E-state index is 11.2. The van der Waals surface area contributed by atoms with Crippen LogP contribution in [0.15, 0.2) is 48.3 Å². The number of aliphatic carboxylic acids is 1. The first-order valence-corrected chi connectivity index (χ1v) is 6.16. The standard InChI is InChI=1S/C12H9NO4S/c14-12(15)9-2-1-3-10(18(16)17)11(9)8-4-6-13-7-5-8/h1-7,11H,(H,14,15). The average Bonchev–Trinajstić information content (AvgIpc) is 2.38.